The van der Waals surface area contributed by atoms with Gasteiger partial charge in [-0.1, -0.05) is 18.2 Å². The second-order valence-electron chi connectivity index (χ2n) is 7.87. The van der Waals surface area contributed by atoms with Crippen molar-refractivity contribution >= 4 is 17.3 Å². The molecule has 5 nitrogen and oxygen atoms in total. The number of hydrogen-bond donors (Lipinski definition) is 2. The molecule has 0 radical (unpaired) electrons. The van der Waals surface area contributed by atoms with Gasteiger partial charge in [0.05, 0.1) is 23.3 Å². The number of hydrogen-bond acceptors (Lipinski definition) is 4. The summed E-state index contributed by atoms with van der Waals surface area (Å²) in [6.45, 7) is 7.71. The van der Waals surface area contributed by atoms with Gasteiger partial charge < -0.3 is 15.4 Å². The van der Waals surface area contributed by atoms with E-state index in [1.165, 1.54) is 23.3 Å². The Morgan fingerprint density at radius 3 is 2.79 bits per heavy atom. The fourth-order valence-corrected chi connectivity index (χ4v) is 5.29. The van der Waals surface area contributed by atoms with Gasteiger partial charge in [0.1, 0.15) is 11.4 Å². The molecule has 0 saturated heterocycles. The maximum absolute atomic E-state index is 6.49. The summed E-state index contributed by atoms with van der Waals surface area (Å²) in [6.07, 6.45) is 5.80. The van der Waals surface area contributed by atoms with Gasteiger partial charge in [0.15, 0.2) is 5.96 Å². The van der Waals surface area contributed by atoms with Crippen LogP contribution < -0.4 is 15.4 Å². The quantitative estimate of drug-likeness (QED) is 0.581. The van der Waals surface area contributed by atoms with Gasteiger partial charge in [-0.2, -0.15) is 0 Å². The van der Waals surface area contributed by atoms with E-state index in [-0.39, 0.29) is 11.6 Å². The molecule has 0 amide bonds. The number of aromatic nitrogens is 1. The van der Waals surface area contributed by atoms with Crippen LogP contribution in [0.15, 0.2) is 29.3 Å². The Balaban J connectivity index is 1.57. The minimum absolute atomic E-state index is 0.0191. The Kier molecular flexibility index (Phi) is 5.58. The third kappa shape index (κ3) is 4.02. The lowest BCUT2D eigenvalue weighted by Crippen LogP contribution is -2.46. The predicted molar refractivity (Wildman–Crippen MR) is 115 cm³/mol. The Morgan fingerprint density at radius 1 is 1.29 bits per heavy atom. The van der Waals surface area contributed by atoms with Crippen LogP contribution in [0.5, 0.6) is 5.75 Å². The van der Waals surface area contributed by atoms with Crippen LogP contribution in [0.1, 0.15) is 66.2 Å². The summed E-state index contributed by atoms with van der Waals surface area (Å²) in [5.74, 6) is 1.89. The fourth-order valence-electron chi connectivity index (χ4n) is 4.43. The van der Waals surface area contributed by atoms with E-state index in [2.05, 4.69) is 53.7 Å². The number of aryl methyl sites for hydroxylation is 2. The van der Waals surface area contributed by atoms with Gasteiger partial charge in [0.2, 0.25) is 0 Å². The summed E-state index contributed by atoms with van der Waals surface area (Å²) in [7, 11) is 0. The lowest BCUT2D eigenvalue weighted by atomic mass is 9.86. The number of nitrogens with one attached hydrogen (secondary N) is 2. The van der Waals surface area contributed by atoms with Crippen LogP contribution in [0.2, 0.25) is 0 Å². The highest BCUT2D eigenvalue weighted by atomic mass is 32.1. The fraction of sp³-hybridized carbons (Fsp3) is 0.545. The molecule has 6 heteroatoms. The Bertz CT molecular complexity index is 854. The second-order valence-corrected chi connectivity index (χ2v) is 9.16. The first-order valence-electron chi connectivity index (χ1n) is 10.3. The predicted octanol–water partition coefficient (Wildman–Crippen LogP) is 4.65. The van der Waals surface area contributed by atoms with E-state index in [9.17, 15) is 0 Å². The van der Waals surface area contributed by atoms with E-state index in [1.807, 2.05) is 6.92 Å². The van der Waals surface area contributed by atoms with E-state index >= 15 is 0 Å². The molecule has 1 aliphatic heterocycles. The van der Waals surface area contributed by atoms with Crippen molar-refractivity contribution in [3.8, 4) is 5.75 Å². The molecule has 0 bridgehead atoms. The minimum atomic E-state index is -0.0191. The number of para-hydroxylation sites is 1. The average Bonchev–Trinajstić information content (AvgIpc) is 3.25. The van der Waals surface area contributed by atoms with Crippen LogP contribution in [0.3, 0.4) is 0 Å². The summed E-state index contributed by atoms with van der Waals surface area (Å²) < 4.78 is 6.49. The molecule has 2 aromatic rings. The van der Waals surface area contributed by atoms with E-state index in [0.717, 1.165) is 48.2 Å². The zero-order valence-electron chi connectivity index (χ0n) is 17.0. The molecule has 4 rings (SSSR count). The van der Waals surface area contributed by atoms with E-state index < -0.39 is 0 Å². The average molecular weight is 399 g/mol. The first-order valence-corrected chi connectivity index (χ1v) is 11.2. The number of nitrogens with zero attached hydrogens (tertiary/aromatic N) is 2. The number of guanidine groups is 1. The maximum Gasteiger partial charge on any atom is 0.192 e. The van der Waals surface area contributed by atoms with Gasteiger partial charge in [-0.3, -0.25) is 0 Å². The molecule has 150 valence electrons. The van der Waals surface area contributed by atoms with Gasteiger partial charge in [-0.15, -0.1) is 11.3 Å². The highest BCUT2D eigenvalue weighted by Gasteiger charge is 2.43. The zero-order valence-corrected chi connectivity index (χ0v) is 17.9. The van der Waals surface area contributed by atoms with Crippen molar-refractivity contribution < 1.29 is 4.74 Å². The molecule has 1 aliphatic carbocycles. The van der Waals surface area contributed by atoms with Gasteiger partial charge in [-0.25, -0.2) is 9.98 Å². The van der Waals surface area contributed by atoms with Crippen LogP contribution in [0.4, 0.5) is 0 Å². The zero-order chi connectivity index (χ0) is 19.6. The maximum atomic E-state index is 6.49. The van der Waals surface area contributed by atoms with Crippen molar-refractivity contribution in [1.82, 2.24) is 15.6 Å². The molecule has 1 saturated carbocycles. The summed E-state index contributed by atoms with van der Waals surface area (Å²) in [5.41, 5.74) is 2.30. The summed E-state index contributed by atoms with van der Waals surface area (Å²) in [5, 5.41) is 8.22. The SMILES string of the molecule is CCNC(=NCc1sc(C)nc1C)NC1CC2(CCCC2)Oc2ccccc21. The van der Waals surface area contributed by atoms with Crippen molar-refractivity contribution in [2.24, 2.45) is 4.99 Å². The molecule has 1 atom stereocenters. The monoisotopic (exact) mass is 398 g/mol. The van der Waals surface area contributed by atoms with E-state index in [4.69, 9.17) is 9.73 Å². The highest BCUT2D eigenvalue weighted by molar-refractivity contribution is 7.11. The van der Waals surface area contributed by atoms with Gasteiger partial charge in [0.25, 0.3) is 0 Å². The molecule has 2 heterocycles. The standard InChI is InChI=1S/C22H30N4OS/c1-4-23-21(24-14-20-15(2)25-16(3)28-20)26-18-13-22(11-7-8-12-22)27-19-10-6-5-9-17(18)19/h5-6,9-10,18H,4,7-8,11-14H2,1-3H3,(H2,23,24,26). The van der Waals surface area contributed by atoms with Crippen LogP contribution in [0.25, 0.3) is 0 Å². The minimum Gasteiger partial charge on any atom is -0.487 e. The normalized spacial score (nSPS) is 20.7. The van der Waals surface area contributed by atoms with Crippen LogP contribution >= 0.6 is 11.3 Å². The number of thiazole rings is 1. The molecule has 2 aliphatic rings. The third-order valence-corrected chi connectivity index (χ3v) is 6.80. The molecule has 1 unspecified atom stereocenters. The van der Waals surface area contributed by atoms with Crippen LogP contribution in [0, 0.1) is 13.8 Å². The van der Waals surface area contributed by atoms with Gasteiger partial charge in [0, 0.05) is 23.4 Å². The molecule has 1 aromatic carbocycles. The Hall–Kier alpha value is -2.08. The van der Waals surface area contributed by atoms with Crippen molar-refractivity contribution in [1.29, 1.82) is 0 Å². The molecular formula is C22H30N4OS. The molecule has 1 spiro atoms. The van der Waals surface area contributed by atoms with Gasteiger partial charge in [-0.05, 0) is 52.5 Å². The highest BCUT2D eigenvalue weighted by Crippen LogP contribution is 2.46. The second kappa shape index (κ2) is 8.11. The summed E-state index contributed by atoms with van der Waals surface area (Å²) >= 11 is 1.73. The Labute approximate surface area is 171 Å². The smallest absolute Gasteiger partial charge is 0.192 e. The molecule has 2 N–H and O–H groups in total. The summed E-state index contributed by atoms with van der Waals surface area (Å²) in [4.78, 5) is 10.6. The number of rotatable bonds is 4. The van der Waals surface area contributed by atoms with Crippen molar-refractivity contribution in [2.75, 3.05) is 6.54 Å². The number of fused-ring (bicyclic) bond motifs is 1. The molecular weight excluding hydrogens is 368 g/mol. The Morgan fingerprint density at radius 2 is 2.07 bits per heavy atom. The van der Waals surface area contributed by atoms with Crippen LogP contribution in [-0.2, 0) is 6.54 Å². The van der Waals surface area contributed by atoms with E-state index in [0.29, 0.717) is 6.54 Å². The number of ether oxygens (including phenoxy) is 1. The summed E-state index contributed by atoms with van der Waals surface area (Å²) in [6, 6.07) is 8.66. The lowest BCUT2D eigenvalue weighted by Gasteiger charge is -2.40. The first-order chi connectivity index (χ1) is 13.6. The molecule has 1 aromatic heterocycles. The molecule has 1 fully saturated rings. The number of aliphatic imine (C=N–C) groups is 1. The van der Waals surface area contributed by atoms with E-state index in [1.54, 1.807) is 11.3 Å². The van der Waals surface area contributed by atoms with Crippen molar-refractivity contribution in [2.45, 2.75) is 71.1 Å². The van der Waals surface area contributed by atoms with Crippen molar-refractivity contribution in [3.05, 3.63) is 45.4 Å². The first kappa shape index (κ1) is 19.2. The van der Waals surface area contributed by atoms with Crippen molar-refractivity contribution in [3.63, 3.8) is 0 Å². The molecule has 28 heavy (non-hydrogen) atoms. The lowest BCUT2D eigenvalue weighted by molar-refractivity contribution is 0.0396. The van der Waals surface area contributed by atoms with Gasteiger partial charge >= 0.3 is 0 Å². The third-order valence-electron chi connectivity index (χ3n) is 5.75. The number of benzene rings is 1. The largest absolute Gasteiger partial charge is 0.487 e. The topological polar surface area (TPSA) is 58.5 Å². The van der Waals surface area contributed by atoms with Crippen LogP contribution in [-0.4, -0.2) is 23.1 Å².